The molecule has 1 N–H and O–H groups in total. The van der Waals surface area contributed by atoms with Crippen LogP contribution >= 0.6 is 0 Å². The Hall–Kier alpha value is -2.04. The molecule has 0 spiro atoms. The standard InChI is InChI=1S/C20H31N3O2/c1-5-6-7-18(24)21-16-8-10-17(11-9-16)22-12-14-23(15-13-22)19(25)20(2,3)4/h8-11H,5-7,12-15H2,1-4H3,(H,21,24). The molecule has 0 atom stereocenters. The molecule has 138 valence electrons. The van der Waals surface area contributed by atoms with Crippen molar-refractivity contribution in [2.45, 2.75) is 47.0 Å². The van der Waals surface area contributed by atoms with Crippen LogP contribution in [0.2, 0.25) is 0 Å². The molecule has 1 aromatic rings. The van der Waals surface area contributed by atoms with Gasteiger partial charge in [0.05, 0.1) is 0 Å². The summed E-state index contributed by atoms with van der Waals surface area (Å²) in [5.74, 6) is 0.293. The molecule has 2 rings (SSSR count). The summed E-state index contributed by atoms with van der Waals surface area (Å²) < 4.78 is 0. The molecule has 5 nitrogen and oxygen atoms in total. The van der Waals surface area contributed by atoms with E-state index in [1.807, 2.05) is 49.9 Å². The van der Waals surface area contributed by atoms with Crippen LogP contribution in [-0.2, 0) is 9.59 Å². The first-order valence-electron chi connectivity index (χ1n) is 9.25. The van der Waals surface area contributed by atoms with Gasteiger partial charge in [-0.1, -0.05) is 34.1 Å². The highest BCUT2D eigenvalue weighted by Gasteiger charge is 2.29. The Balaban J connectivity index is 1.87. The van der Waals surface area contributed by atoms with Gasteiger partial charge in [0.15, 0.2) is 0 Å². The number of carbonyl (C=O) groups is 2. The van der Waals surface area contributed by atoms with Crippen LogP contribution in [0.1, 0.15) is 47.0 Å². The van der Waals surface area contributed by atoms with E-state index in [9.17, 15) is 9.59 Å². The highest BCUT2D eigenvalue weighted by atomic mass is 16.2. The zero-order chi connectivity index (χ0) is 18.4. The van der Waals surface area contributed by atoms with E-state index in [0.29, 0.717) is 6.42 Å². The highest BCUT2D eigenvalue weighted by Crippen LogP contribution is 2.22. The van der Waals surface area contributed by atoms with Gasteiger partial charge in [-0.25, -0.2) is 0 Å². The van der Waals surface area contributed by atoms with Gasteiger partial charge in [0.25, 0.3) is 0 Å². The topological polar surface area (TPSA) is 52.7 Å². The lowest BCUT2D eigenvalue weighted by Gasteiger charge is -2.38. The van der Waals surface area contributed by atoms with E-state index in [1.54, 1.807) is 0 Å². The zero-order valence-corrected chi connectivity index (χ0v) is 16.0. The maximum absolute atomic E-state index is 12.4. The number of benzene rings is 1. The lowest BCUT2D eigenvalue weighted by Crippen LogP contribution is -2.51. The molecule has 0 aromatic heterocycles. The molecule has 5 heteroatoms. The van der Waals surface area contributed by atoms with Gasteiger partial charge in [0.1, 0.15) is 0 Å². The number of rotatable bonds is 5. The van der Waals surface area contributed by atoms with Crippen LogP contribution in [0.3, 0.4) is 0 Å². The van der Waals surface area contributed by atoms with Crippen molar-refractivity contribution < 1.29 is 9.59 Å². The molecular weight excluding hydrogens is 314 g/mol. The van der Waals surface area contributed by atoms with Gasteiger partial charge in [-0.3, -0.25) is 9.59 Å². The Morgan fingerprint density at radius 2 is 1.64 bits per heavy atom. The summed E-state index contributed by atoms with van der Waals surface area (Å²) in [6.07, 6.45) is 2.51. The first-order valence-corrected chi connectivity index (χ1v) is 9.25. The number of nitrogens with zero attached hydrogens (tertiary/aromatic N) is 2. The minimum absolute atomic E-state index is 0.0731. The second kappa shape index (κ2) is 8.37. The predicted molar refractivity (Wildman–Crippen MR) is 103 cm³/mol. The zero-order valence-electron chi connectivity index (χ0n) is 16.0. The van der Waals surface area contributed by atoms with Gasteiger partial charge in [-0.2, -0.15) is 0 Å². The van der Waals surface area contributed by atoms with E-state index in [4.69, 9.17) is 0 Å². The number of anilines is 2. The summed E-state index contributed by atoms with van der Waals surface area (Å²) in [6.45, 7) is 11.2. The number of unbranched alkanes of at least 4 members (excludes halogenated alkanes) is 1. The third-order valence-electron chi connectivity index (χ3n) is 4.48. The molecule has 0 aliphatic carbocycles. The fourth-order valence-corrected chi connectivity index (χ4v) is 2.96. The largest absolute Gasteiger partial charge is 0.368 e. The molecule has 0 radical (unpaired) electrons. The summed E-state index contributed by atoms with van der Waals surface area (Å²) in [4.78, 5) is 28.4. The number of amides is 2. The SMILES string of the molecule is CCCCC(=O)Nc1ccc(N2CCN(C(=O)C(C)(C)C)CC2)cc1. The summed E-state index contributed by atoms with van der Waals surface area (Å²) in [6, 6.07) is 7.98. The molecule has 0 unspecified atom stereocenters. The Labute approximate surface area is 151 Å². The van der Waals surface area contributed by atoms with Gasteiger partial charge < -0.3 is 15.1 Å². The van der Waals surface area contributed by atoms with Gasteiger partial charge in [-0.05, 0) is 30.7 Å². The summed E-state index contributed by atoms with van der Waals surface area (Å²) in [5.41, 5.74) is 1.65. The average molecular weight is 345 g/mol. The van der Waals surface area contributed by atoms with Crippen molar-refractivity contribution in [3.63, 3.8) is 0 Å². The van der Waals surface area contributed by atoms with Crippen LogP contribution in [0, 0.1) is 5.41 Å². The van der Waals surface area contributed by atoms with Crippen molar-refractivity contribution in [2.75, 3.05) is 36.4 Å². The van der Waals surface area contributed by atoms with Gasteiger partial charge in [-0.15, -0.1) is 0 Å². The minimum atomic E-state index is -0.320. The molecule has 1 aliphatic rings. The normalized spacial score (nSPS) is 15.2. The molecule has 2 amide bonds. The monoisotopic (exact) mass is 345 g/mol. The second-order valence-electron chi connectivity index (χ2n) is 7.73. The molecule has 25 heavy (non-hydrogen) atoms. The van der Waals surface area contributed by atoms with Gasteiger partial charge >= 0.3 is 0 Å². The highest BCUT2D eigenvalue weighted by molar-refractivity contribution is 5.90. The number of piperazine rings is 1. The van der Waals surface area contributed by atoms with E-state index in [0.717, 1.165) is 50.4 Å². The molecule has 1 aliphatic heterocycles. The van der Waals surface area contributed by atoms with Crippen molar-refractivity contribution in [1.29, 1.82) is 0 Å². The molecule has 1 fully saturated rings. The Bertz CT molecular complexity index is 582. The maximum atomic E-state index is 12.4. The lowest BCUT2D eigenvalue weighted by molar-refractivity contribution is -0.139. The smallest absolute Gasteiger partial charge is 0.228 e. The fourth-order valence-electron chi connectivity index (χ4n) is 2.96. The van der Waals surface area contributed by atoms with Crippen LogP contribution in [0.15, 0.2) is 24.3 Å². The van der Waals surface area contributed by atoms with Crippen molar-refractivity contribution in [2.24, 2.45) is 5.41 Å². The number of nitrogens with one attached hydrogen (secondary N) is 1. The first kappa shape index (κ1) is 19.3. The summed E-state index contributed by atoms with van der Waals surface area (Å²) in [7, 11) is 0. The van der Waals surface area contributed by atoms with E-state index in [2.05, 4.69) is 17.1 Å². The quantitative estimate of drug-likeness (QED) is 0.888. The maximum Gasteiger partial charge on any atom is 0.228 e. The Morgan fingerprint density at radius 3 is 2.16 bits per heavy atom. The van der Waals surface area contributed by atoms with Gasteiger partial charge in [0, 0.05) is 49.4 Å². The molecule has 0 saturated carbocycles. The van der Waals surface area contributed by atoms with Crippen LogP contribution in [0.4, 0.5) is 11.4 Å². The van der Waals surface area contributed by atoms with Crippen LogP contribution in [0.25, 0.3) is 0 Å². The molecular formula is C20H31N3O2. The van der Waals surface area contributed by atoms with Crippen molar-refractivity contribution >= 4 is 23.2 Å². The molecule has 1 saturated heterocycles. The molecule has 1 heterocycles. The van der Waals surface area contributed by atoms with Crippen LogP contribution in [0.5, 0.6) is 0 Å². The van der Waals surface area contributed by atoms with Crippen molar-refractivity contribution in [3.05, 3.63) is 24.3 Å². The van der Waals surface area contributed by atoms with E-state index in [1.165, 1.54) is 0 Å². The van der Waals surface area contributed by atoms with E-state index >= 15 is 0 Å². The predicted octanol–water partition coefficient (Wildman–Crippen LogP) is 3.51. The second-order valence-corrected chi connectivity index (χ2v) is 7.73. The number of hydrogen-bond donors (Lipinski definition) is 1. The van der Waals surface area contributed by atoms with Crippen molar-refractivity contribution in [1.82, 2.24) is 4.90 Å². The average Bonchev–Trinajstić information content (AvgIpc) is 2.59. The summed E-state index contributed by atoms with van der Waals surface area (Å²) >= 11 is 0. The van der Waals surface area contributed by atoms with Crippen molar-refractivity contribution in [3.8, 4) is 0 Å². The molecule has 1 aromatic carbocycles. The number of carbonyl (C=O) groups excluding carboxylic acids is 2. The lowest BCUT2D eigenvalue weighted by atomic mass is 9.94. The Morgan fingerprint density at radius 1 is 1.04 bits per heavy atom. The third kappa shape index (κ3) is 5.48. The first-order chi connectivity index (χ1) is 11.8. The van der Waals surface area contributed by atoms with E-state index < -0.39 is 0 Å². The third-order valence-corrected chi connectivity index (χ3v) is 4.48. The minimum Gasteiger partial charge on any atom is -0.368 e. The van der Waals surface area contributed by atoms with Gasteiger partial charge in [0.2, 0.25) is 11.8 Å². The number of hydrogen-bond acceptors (Lipinski definition) is 3. The fraction of sp³-hybridized carbons (Fsp3) is 0.600. The Kier molecular flexibility index (Phi) is 6.45. The van der Waals surface area contributed by atoms with Crippen LogP contribution < -0.4 is 10.2 Å². The van der Waals surface area contributed by atoms with E-state index in [-0.39, 0.29) is 17.2 Å². The summed E-state index contributed by atoms with van der Waals surface area (Å²) in [5, 5.41) is 2.94. The molecule has 0 bridgehead atoms. The van der Waals surface area contributed by atoms with Crippen LogP contribution in [-0.4, -0.2) is 42.9 Å².